The largest absolute Gasteiger partial charge is 0.344 e. The van der Waals surface area contributed by atoms with Gasteiger partial charge in [0.2, 0.25) is 0 Å². The van der Waals surface area contributed by atoms with Crippen molar-refractivity contribution in [1.29, 1.82) is 0 Å². The van der Waals surface area contributed by atoms with E-state index in [0.29, 0.717) is 5.15 Å². The number of rotatable bonds is 7. The third-order valence-corrected chi connectivity index (χ3v) is 3.80. The third kappa shape index (κ3) is 3.83. The standard InChI is InChI=1S/C13H18ClN3S/c1-2-3-4-12-16-11(13(14)17-12)8-15-7-10-5-6-18-9-10/h5-6,9,15H,2-4,7-8H2,1H3,(H,16,17). The molecule has 2 aromatic heterocycles. The molecule has 3 nitrogen and oxygen atoms in total. The molecular formula is C13H18ClN3S. The molecule has 0 aliphatic heterocycles. The van der Waals surface area contributed by atoms with E-state index < -0.39 is 0 Å². The number of imidazole rings is 1. The molecule has 0 saturated heterocycles. The van der Waals surface area contributed by atoms with Gasteiger partial charge in [0.25, 0.3) is 0 Å². The second kappa shape index (κ2) is 6.92. The van der Waals surface area contributed by atoms with Crippen LogP contribution >= 0.6 is 22.9 Å². The zero-order chi connectivity index (χ0) is 12.8. The molecule has 98 valence electrons. The lowest BCUT2D eigenvalue weighted by Gasteiger charge is -2.01. The Morgan fingerprint density at radius 3 is 3.06 bits per heavy atom. The number of nitrogens with zero attached hydrogens (tertiary/aromatic N) is 1. The van der Waals surface area contributed by atoms with Crippen LogP contribution in [-0.4, -0.2) is 9.97 Å². The summed E-state index contributed by atoms with van der Waals surface area (Å²) in [6.07, 6.45) is 3.29. The predicted octanol–water partition coefficient (Wildman–Crippen LogP) is 3.76. The van der Waals surface area contributed by atoms with Crippen molar-refractivity contribution in [2.75, 3.05) is 0 Å². The van der Waals surface area contributed by atoms with Crippen LogP contribution < -0.4 is 5.32 Å². The highest BCUT2D eigenvalue weighted by Crippen LogP contribution is 2.14. The molecule has 2 heterocycles. The Morgan fingerprint density at radius 2 is 2.33 bits per heavy atom. The summed E-state index contributed by atoms with van der Waals surface area (Å²) in [6.45, 7) is 3.77. The van der Waals surface area contributed by atoms with Crippen molar-refractivity contribution in [3.05, 3.63) is 39.1 Å². The molecule has 0 aliphatic carbocycles. The van der Waals surface area contributed by atoms with Gasteiger partial charge in [-0.05, 0) is 28.8 Å². The second-order valence-corrected chi connectivity index (χ2v) is 5.43. The normalized spacial score (nSPS) is 11.0. The quantitative estimate of drug-likeness (QED) is 0.812. The van der Waals surface area contributed by atoms with Gasteiger partial charge in [-0.1, -0.05) is 24.9 Å². The van der Waals surface area contributed by atoms with Crippen LogP contribution in [0.15, 0.2) is 16.8 Å². The van der Waals surface area contributed by atoms with E-state index >= 15 is 0 Å². The third-order valence-electron chi connectivity index (χ3n) is 2.76. The minimum Gasteiger partial charge on any atom is -0.344 e. The summed E-state index contributed by atoms with van der Waals surface area (Å²) >= 11 is 7.82. The average Bonchev–Trinajstić information content (AvgIpc) is 2.98. The maximum Gasteiger partial charge on any atom is 0.151 e. The first kappa shape index (κ1) is 13.6. The zero-order valence-electron chi connectivity index (χ0n) is 10.5. The summed E-state index contributed by atoms with van der Waals surface area (Å²) in [5, 5.41) is 8.19. The van der Waals surface area contributed by atoms with Gasteiger partial charge in [0, 0.05) is 19.5 Å². The molecule has 2 aromatic rings. The number of aryl methyl sites for hydroxylation is 1. The van der Waals surface area contributed by atoms with Crippen LogP contribution in [0.2, 0.25) is 5.15 Å². The molecule has 0 bridgehead atoms. The van der Waals surface area contributed by atoms with Crippen molar-refractivity contribution in [3.8, 4) is 0 Å². The van der Waals surface area contributed by atoms with Crippen molar-refractivity contribution < 1.29 is 0 Å². The van der Waals surface area contributed by atoms with Gasteiger partial charge in [-0.25, -0.2) is 4.98 Å². The van der Waals surface area contributed by atoms with Crippen LogP contribution in [-0.2, 0) is 19.5 Å². The van der Waals surface area contributed by atoms with Crippen LogP contribution in [0.5, 0.6) is 0 Å². The van der Waals surface area contributed by atoms with Gasteiger partial charge in [-0.15, -0.1) is 0 Å². The molecule has 0 unspecified atom stereocenters. The number of thiophene rings is 1. The molecule has 0 amide bonds. The Hall–Kier alpha value is -0.840. The molecule has 0 aliphatic rings. The van der Waals surface area contributed by atoms with Crippen LogP contribution in [0.25, 0.3) is 0 Å². The van der Waals surface area contributed by atoms with E-state index in [9.17, 15) is 0 Å². The SMILES string of the molecule is CCCCc1nc(Cl)c(CNCc2ccsc2)[nH]1. The highest BCUT2D eigenvalue weighted by Gasteiger charge is 2.07. The lowest BCUT2D eigenvalue weighted by Crippen LogP contribution is -2.12. The number of nitrogens with one attached hydrogen (secondary N) is 2. The minimum atomic E-state index is 0.596. The monoisotopic (exact) mass is 283 g/mol. The summed E-state index contributed by atoms with van der Waals surface area (Å²) in [5.41, 5.74) is 2.29. The number of unbranched alkanes of at least 4 members (excludes halogenated alkanes) is 1. The van der Waals surface area contributed by atoms with Crippen molar-refractivity contribution in [3.63, 3.8) is 0 Å². The molecule has 0 aromatic carbocycles. The zero-order valence-corrected chi connectivity index (χ0v) is 12.1. The van der Waals surface area contributed by atoms with Crippen molar-refractivity contribution in [2.24, 2.45) is 0 Å². The Kier molecular flexibility index (Phi) is 5.23. The first-order valence-corrected chi connectivity index (χ1v) is 7.56. The number of aromatic amines is 1. The first-order valence-electron chi connectivity index (χ1n) is 6.24. The highest BCUT2D eigenvalue weighted by atomic mass is 35.5. The van der Waals surface area contributed by atoms with E-state index in [0.717, 1.165) is 37.4 Å². The number of aromatic nitrogens is 2. The van der Waals surface area contributed by atoms with E-state index in [1.807, 2.05) is 0 Å². The fraction of sp³-hybridized carbons (Fsp3) is 0.462. The smallest absolute Gasteiger partial charge is 0.151 e. The topological polar surface area (TPSA) is 40.7 Å². The van der Waals surface area contributed by atoms with E-state index in [4.69, 9.17) is 11.6 Å². The lowest BCUT2D eigenvalue weighted by atomic mass is 10.2. The fourth-order valence-electron chi connectivity index (χ4n) is 1.74. The highest BCUT2D eigenvalue weighted by molar-refractivity contribution is 7.07. The molecule has 2 rings (SSSR count). The summed E-state index contributed by atoms with van der Waals surface area (Å²) < 4.78 is 0. The molecular weight excluding hydrogens is 266 g/mol. The van der Waals surface area contributed by atoms with E-state index in [1.165, 1.54) is 12.0 Å². The van der Waals surface area contributed by atoms with E-state index in [2.05, 4.69) is 39.0 Å². The molecule has 0 atom stereocenters. The van der Waals surface area contributed by atoms with Gasteiger partial charge in [-0.3, -0.25) is 0 Å². The summed E-state index contributed by atoms with van der Waals surface area (Å²) in [4.78, 5) is 7.63. The number of hydrogen-bond acceptors (Lipinski definition) is 3. The van der Waals surface area contributed by atoms with Crippen LogP contribution in [0.3, 0.4) is 0 Å². The molecule has 0 spiro atoms. The Morgan fingerprint density at radius 1 is 1.44 bits per heavy atom. The van der Waals surface area contributed by atoms with E-state index in [1.54, 1.807) is 11.3 Å². The summed E-state index contributed by atoms with van der Waals surface area (Å²) in [6, 6.07) is 2.12. The Labute approximate surface area is 117 Å². The number of halogens is 1. The maximum absolute atomic E-state index is 6.10. The summed E-state index contributed by atoms with van der Waals surface area (Å²) in [5.74, 6) is 0.995. The molecule has 0 fully saturated rings. The van der Waals surface area contributed by atoms with Gasteiger partial charge in [0.05, 0.1) is 5.69 Å². The number of H-pyrrole nitrogens is 1. The first-order chi connectivity index (χ1) is 8.79. The maximum atomic E-state index is 6.10. The van der Waals surface area contributed by atoms with Crippen molar-refractivity contribution >= 4 is 22.9 Å². The molecule has 0 radical (unpaired) electrons. The van der Waals surface area contributed by atoms with Gasteiger partial charge >= 0.3 is 0 Å². The van der Waals surface area contributed by atoms with Gasteiger partial charge in [0.1, 0.15) is 5.82 Å². The van der Waals surface area contributed by atoms with Crippen LogP contribution in [0, 0.1) is 0 Å². The summed E-state index contributed by atoms with van der Waals surface area (Å²) in [7, 11) is 0. The molecule has 18 heavy (non-hydrogen) atoms. The fourth-order valence-corrected chi connectivity index (χ4v) is 2.63. The second-order valence-electron chi connectivity index (χ2n) is 4.29. The lowest BCUT2D eigenvalue weighted by molar-refractivity contribution is 0.680. The van der Waals surface area contributed by atoms with Crippen molar-refractivity contribution in [2.45, 2.75) is 39.3 Å². The number of hydrogen-bond donors (Lipinski definition) is 2. The Bertz CT molecular complexity index is 465. The minimum absolute atomic E-state index is 0.596. The van der Waals surface area contributed by atoms with Crippen molar-refractivity contribution in [1.82, 2.24) is 15.3 Å². The van der Waals surface area contributed by atoms with E-state index in [-0.39, 0.29) is 0 Å². The van der Waals surface area contributed by atoms with Crippen LogP contribution in [0.1, 0.15) is 36.8 Å². The van der Waals surface area contributed by atoms with Gasteiger partial charge in [0.15, 0.2) is 5.15 Å². The average molecular weight is 284 g/mol. The molecule has 2 N–H and O–H groups in total. The molecule has 0 saturated carbocycles. The predicted molar refractivity (Wildman–Crippen MR) is 77.1 cm³/mol. The Balaban J connectivity index is 1.83. The van der Waals surface area contributed by atoms with Gasteiger partial charge < -0.3 is 10.3 Å². The van der Waals surface area contributed by atoms with Gasteiger partial charge in [-0.2, -0.15) is 11.3 Å². The molecule has 5 heteroatoms. The van der Waals surface area contributed by atoms with Crippen LogP contribution in [0.4, 0.5) is 0 Å².